The fourth-order valence-corrected chi connectivity index (χ4v) is 2.70. The lowest BCUT2D eigenvalue weighted by molar-refractivity contribution is 0.266. The zero-order chi connectivity index (χ0) is 13.5. The molecule has 3 nitrogen and oxygen atoms in total. The smallest absolute Gasteiger partial charge is 0.118 e. The van der Waals surface area contributed by atoms with Crippen LogP contribution in [0, 0.1) is 5.92 Å². The highest BCUT2D eigenvalue weighted by Gasteiger charge is 2.13. The first-order valence-electron chi connectivity index (χ1n) is 7.30. The van der Waals surface area contributed by atoms with Crippen molar-refractivity contribution in [2.45, 2.75) is 25.8 Å². The Hall–Kier alpha value is -1.06. The Bertz CT molecular complexity index is 358. The van der Waals surface area contributed by atoms with Crippen LogP contribution in [0.4, 0.5) is 0 Å². The van der Waals surface area contributed by atoms with E-state index in [9.17, 15) is 0 Å². The van der Waals surface area contributed by atoms with Crippen molar-refractivity contribution in [2.75, 3.05) is 33.8 Å². The van der Waals surface area contributed by atoms with E-state index in [1.165, 1.54) is 44.5 Å². The molecule has 0 radical (unpaired) electrons. The summed E-state index contributed by atoms with van der Waals surface area (Å²) in [7, 11) is 3.92. The van der Waals surface area contributed by atoms with Gasteiger partial charge in [-0.1, -0.05) is 12.1 Å². The highest BCUT2D eigenvalue weighted by Crippen LogP contribution is 2.17. The molecule has 1 N–H and O–H groups in total. The van der Waals surface area contributed by atoms with Crippen LogP contribution in [0.3, 0.4) is 0 Å². The molecule has 0 aromatic heterocycles. The van der Waals surface area contributed by atoms with Crippen molar-refractivity contribution in [3.8, 4) is 5.75 Å². The quantitative estimate of drug-likeness (QED) is 0.852. The number of ether oxygens (including phenoxy) is 1. The highest BCUT2D eigenvalue weighted by atomic mass is 16.5. The summed E-state index contributed by atoms with van der Waals surface area (Å²) in [6, 6.07) is 8.38. The Labute approximate surface area is 116 Å². The molecule has 0 aliphatic carbocycles. The lowest BCUT2D eigenvalue weighted by atomic mass is 9.94. The van der Waals surface area contributed by atoms with Crippen molar-refractivity contribution in [3.05, 3.63) is 29.8 Å². The van der Waals surface area contributed by atoms with E-state index in [1.807, 2.05) is 12.1 Å². The Morgan fingerprint density at radius 1 is 1.21 bits per heavy atom. The molecule has 1 saturated heterocycles. The predicted molar refractivity (Wildman–Crippen MR) is 79.5 cm³/mol. The van der Waals surface area contributed by atoms with E-state index in [-0.39, 0.29) is 0 Å². The van der Waals surface area contributed by atoms with Gasteiger partial charge in [-0.3, -0.25) is 0 Å². The van der Waals surface area contributed by atoms with Crippen molar-refractivity contribution < 1.29 is 4.74 Å². The summed E-state index contributed by atoms with van der Waals surface area (Å²) < 4.78 is 5.18. The van der Waals surface area contributed by atoms with Crippen molar-refractivity contribution in [1.82, 2.24) is 10.2 Å². The van der Waals surface area contributed by atoms with Crippen molar-refractivity contribution in [2.24, 2.45) is 5.92 Å². The van der Waals surface area contributed by atoms with Gasteiger partial charge >= 0.3 is 0 Å². The maximum Gasteiger partial charge on any atom is 0.118 e. The summed E-state index contributed by atoms with van der Waals surface area (Å²) in [6.45, 7) is 4.62. The van der Waals surface area contributed by atoms with Gasteiger partial charge in [0.2, 0.25) is 0 Å². The number of methoxy groups -OCH3 is 1. The lowest BCUT2D eigenvalue weighted by Gasteiger charge is -2.25. The number of nitrogens with one attached hydrogen (secondary N) is 1. The molecule has 1 aromatic rings. The third kappa shape index (κ3) is 4.84. The van der Waals surface area contributed by atoms with Gasteiger partial charge in [0.1, 0.15) is 5.75 Å². The summed E-state index contributed by atoms with van der Waals surface area (Å²) in [5.41, 5.74) is 1.36. The van der Waals surface area contributed by atoms with Crippen LogP contribution in [0.15, 0.2) is 24.3 Å². The minimum absolute atomic E-state index is 0.916. The average Bonchev–Trinajstić information content (AvgIpc) is 2.47. The molecule has 0 amide bonds. The van der Waals surface area contributed by atoms with Gasteiger partial charge in [-0.2, -0.15) is 0 Å². The fourth-order valence-electron chi connectivity index (χ4n) is 2.70. The monoisotopic (exact) mass is 262 g/mol. The van der Waals surface area contributed by atoms with Gasteiger partial charge in [0, 0.05) is 6.54 Å². The topological polar surface area (TPSA) is 24.5 Å². The molecule has 19 heavy (non-hydrogen) atoms. The minimum atomic E-state index is 0.916. The van der Waals surface area contributed by atoms with Gasteiger partial charge in [-0.25, -0.2) is 0 Å². The van der Waals surface area contributed by atoms with E-state index in [1.54, 1.807) is 7.11 Å². The number of piperidine rings is 1. The van der Waals surface area contributed by atoms with Crippen LogP contribution in [0.5, 0.6) is 5.75 Å². The molecule has 0 saturated carbocycles. The molecule has 0 spiro atoms. The normalized spacial score (nSPS) is 16.8. The maximum atomic E-state index is 5.18. The van der Waals surface area contributed by atoms with Crippen LogP contribution in [0.1, 0.15) is 24.8 Å². The predicted octanol–water partition coefficient (Wildman–Crippen LogP) is 2.52. The lowest BCUT2D eigenvalue weighted by Crippen LogP contribution is -2.30. The summed E-state index contributed by atoms with van der Waals surface area (Å²) in [4.78, 5) is 2.42. The van der Waals surface area contributed by atoms with Gasteiger partial charge in [0.25, 0.3) is 0 Å². The number of nitrogens with zero attached hydrogens (tertiary/aromatic N) is 1. The number of rotatable bonds is 6. The van der Waals surface area contributed by atoms with E-state index in [0.717, 1.165) is 18.2 Å². The van der Waals surface area contributed by atoms with Gasteiger partial charge in [-0.15, -0.1) is 0 Å². The zero-order valence-corrected chi connectivity index (χ0v) is 12.2. The Kier molecular flexibility index (Phi) is 5.67. The van der Waals surface area contributed by atoms with Crippen LogP contribution in [-0.2, 0) is 6.54 Å². The van der Waals surface area contributed by atoms with Crippen LogP contribution in [-0.4, -0.2) is 38.7 Å². The molecule has 1 aromatic carbocycles. The second-order valence-corrected chi connectivity index (χ2v) is 5.57. The first-order valence-corrected chi connectivity index (χ1v) is 7.30. The third-order valence-electron chi connectivity index (χ3n) is 3.99. The summed E-state index contributed by atoms with van der Waals surface area (Å²) in [5.74, 6) is 1.85. The minimum Gasteiger partial charge on any atom is -0.497 e. The molecule has 0 unspecified atom stereocenters. The molecular formula is C16H26N2O. The molecule has 1 fully saturated rings. The fraction of sp³-hybridized carbons (Fsp3) is 0.625. The molecule has 106 valence electrons. The van der Waals surface area contributed by atoms with Gasteiger partial charge in [0.15, 0.2) is 0 Å². The van der Waals surface area contributed by atoms with Crippen molar-refractivity contribution in [3.63, 3.8) is 0 Å². The summed E-state index contributed by atoms with van der Waals surface area (Å²) in [6.07, 6.45) is 4.01. The van der Waals surface area contributed by atoms with Gasteiger partial charge in [-0.05, 0) is 69.6 Å². The number of hydrogen-bond acceptors (Lipinski definition) is 3. The summed E-state index contributed by atoms with van der Waals surface area (Å²) >= 11 is 0. The van der Waals surface area contributed by atoms with Crippen molar-refractivity contribution >= 4 is 0 Å². The molecule has 1 aliphatic rings. The van der Waals surface area contributed by atoms with Crippen LogP contribution < -0.4 is 10.1 Å². The van der Waals surface area contributed by atoms with Gasteiger partial charge in [0.05, 0.1) is 7.11 Å². The SMILES string of the molecule is COc1ccc(CN(C)CCC2CCNCC2)cc1. The van der Waals surface area contributed by atoms with Crippen molar-refractivity contribution in [1.29, 1.82) is 0 Å². The van der Waals surface area contributed by atoms with Crippen LogP contribution >= 0.6 is 0 Å². The number of benzene rings is 1. The maximum absolute atomic E-state index is 5.18. The largest absolute Gasteiger partial charge is 0.497 e. The molecular weight excluding hydrogens is 236 g/mol. The third-order valence-corrected chi connectivity index (χ3v) is 3.99. The Morgan fingerprint density at radius 2 is 1.89 bits per heavy atom. The van der Waals surface area contributed by atoms with Gasteiger partial charge < -0.3 is 15.0 Å². The highest BCUT2D eigenvalue weighted by molar-refractivity contribution is 5.26. The Morgan fingerprint density at radius 3 is 2.53 bits per heavy atom. The van der Waals surface area contributed by atoms with E-state index in [2.05, 4.69) is 29.4 Å². The van der Waals surface area contributed by atoms with Crippen LogP contribution in [0.2, 0.25) is 0 Å². The van der Waals surface area contributed by atoms with E-state index in [4.69, 9.17) is 4.74 Å². The average molecular weight is 262 g/mol. The second-order valence-electron chi connectivity index (χ2n) is 5.57. The van der Waals surface area contributed by atoms with Crippen LogP contribution in [0.25, 0.3) is 0 Å². The Balaban J connectivity index is 1.71. The first kappa shape index (κ1) is 14.4. The molecule has 2 rings (SSSR count). The van der Waals surface area contributed by atoms with E-state index in [0.29, 0.717) is 0 Å². The van der Waals surface area contributed by atoms with E-state index < -0.39 is 0 Å². The molecule has 0 bridgehead atoms. The standard InChI is InChI=1S/C16H26N2O/c1-18(12-9-14-7-10-17-11-8-14)13-15-3-5-16(19-2)6-4-15/h3-6,14,17H,7-13H2,1-2H3. The molecule has 1 heterocycles. The first-order chi connectivity index (χ1) is 9.28. The summed E-state index contributed by atoms with van der Waals surface area (Å²) in [5, 5.41) is 3.43. The zero-order valence-electron chi connectivity index (χ0n) is 12.2. The molecule has 0 atom stereocenters. The molecule has 3 heteroatoms. The second kappa shape index (κ2) is 7.51. The molecule has 1 aliphatic heterocycles. The number of hydrogen-bond donors (Lipinski definition) is 1. The van der Waals surface area contributed by atoms with E-state index >= 15 is 0 Å².